The van der Waals surface area contributed by atoms with E-state index in [4.69, 9.17) is 17.5 Å². The standard InChI is InChI=1S/C10H7F3N2S/c11-10(12,13)7-1-3-8(4-2-7)15-9(16)5-6-14/h1-4H,5H2,(H,15,16). The highest BCUT2D eigenvalue weighted by Crippen LogP contribution is 2.29. The average molecular weight is 244 g/mol. The van der Waals surface area contributed by atoms with Crippen LogP contribution in [0.1, 0.15) is 12.0 Å². The second kappa shape index (κ2) is 4.94. The van der Waals surface area contributed by atoms with Crippen molar-refractivity contribution in [3.8, 4) is 6.07 Å². The fraction of sp³-hybridized carbons (Fsp3) is 0.200. The van der Waals surface area contributed by atoms with Crippen molar-refractivity contribution in [3.05, 3.63) is 29.8 Å². The third-order valence-corrected chi connectivity index (χ3v) is 1.98. The van der Waals surface area contributed by atoms with Crippen LogP contribution in [0.3, 0.4) is 0 Å². The lowest BCUT2D eigenvalue weighted by molar-refractivity contribution is -0.137. The SMILES string of the molecule is N#CCC(=S)Nc1ccc(C(F)(F)F)cc1. The van der Waals surface area contributed by atoms with Gasteiger partial charge in [-0.1, -0.05) is 12.2 Å². The third kappa shape index (κ3) is 3.51. The molecule has 0 amide bonds. The van der Waals surface area contributed by atoms with Crippen molar-refractivity contribution >= 4 is 22.9 Å². The summed E-state index contributed by atoms with van der Waals surface area (Å²) in [6.45, 7) is 0. The minimum Gasteiger partial charge on any atom is -0.349 e. The molecular formula is C10H7F3N2S. The van der Waals surface area contributed by atoms with Gasteiger partial charge in [0.1, 0.15) is 0 Å². The fourth-order valence-corrected chi connectivity index (χ4v) is 1.20. The second-order valence-corrected chi connectivity index (χ2v) is 3.45. The molecule has 0 radical (unpaired) electrons. The van der Waals surface area contributed by atoms with Gasteiger partial charge in [-0.2, -0.15) is 18.4 Å². The van der Waals surface area contributed by atoms with Crippen molar-refractivity contribution in [2.24, 2.45) is 0 Å². The molecule has 0 fully saturated rings. The molecule has 0 saturated carbocycles. The molecule has 0 aliphatic rings. The van der Waals surface area contributed by atoms with E-state index in [0.717, 1.165) is 12.1 Å². The van der Waals surface area contributed by atoms with Crippen molar-refractivity contribution in [2.75, 3.05) is 5.32 Å². The summed E-state index contributed by atoms with van der Waals surface area (Å²) in [6, 6.07) is 6.29. The van der Waals surface area contributed by atoms with Gasteiger partial charge < -0.3 is 5.32 Å². The van der Waals surface area contributed by atoms with Crippen LogP contribution in [0.5, 0.6) is 0 Å². The number of benzene rings is 1. The predicted molar refractivity (Wildman–Crippen MR) is 57.9 cm³/mol. The summed E-state index contributed by atoms with van der Waals surface area (Å²) in [4.78, 5) is 0.280. The molecule has 6 heteroatoms. The summed E-state index contributed by atoms with van der Waals surface area (Å²) < 4.78 is 36.6. The maximum absolute atomic E-state index is 12.2. The van der Waals surface area contributed by atoms with Gasteiger partial charge >= 0.3 is 6.18 Å². The zero-order valence-corrected chi connectivity index (χ0v) is 8.82. The first-order valence-electron chi connectivity index (χ1n) is 4.27. The van der Waals surface area contributed by atoms with Crippen LogP contribution >= 0.6 is 12.2 Å². The molecule has 0 aromatic heterocycles. The number of rotatable bonds is 2. The van der Waals surface area contributed by atoms with Crippen molar-refractivity contribution in [2.45, 2.75) is 12.6 Å². The van der Waals surface area contributed by atoms with Crippen LogP contribution in [0.2, 0.25) is 0 Å². The summed E-state index contributed by atoms with van der Waals surface area (Å²) in [5, 5.41) is 11.0. The van der Waals surface area contributed by atoms with E-state index in [-0.39, 0.29) is 11.4 Å². The molecule has 0 aliphatic carbocycles. The van der Waals surface area contributed by atoms with Crippen molar-refractivity contribution in [3.63, 3.8) is 0 Å². The maximum atomic E-state index is 12.2. The van der Waals surface area contributed by atoms with E-state index in [9.17, 15) is 13.2 Å². The highest BCUT2D eigenvalue weighted by molar-refractivity contribution is 7.80. The summed E-state index contributed by atoms with van der Waals surface area (Å²) in [7, 11) is 0. The smallest absolute Gasteiger partial charge is 0.349 e. The Morgan fingerprint density at radius 3 is 2.31 bits per heavy atom. The minimum absolute atomic E-state index is 0.0381. The van der Waals surface area contributed by atoms with Crippen LogP contribution in [-0.4, -0.2) is 4.99 Å². The molecule has 1 aromatic rings. The van der Waals surface area contributed by atoms with E-state index in [1.54, 1.807) is 0 Å². The molecule has 0 unspecified atom stereocenters. The van der Waals surface area contributed by atoms with Gasteiger partial charge in [-0.3, -0.25) is 0 Å². The van der Waals surface area contributed by atoms with Gasteiger partial charge in [0.05, 0.1) is 23.0 Å². The van der Waals surface area contributed by atoms with Crippen molar-refractivity contribution in [1.29, 1.82) is 5.26 Å². The molecule has 0 saturated heterocycles. The van der Waals surface area contributed by atoms with E-state index < -0.39 is 11.7 Å². The van der Waals surface area contributed by atoms with Gasteiger partial charge in [-0.15, -0.1) is 0 Å². The van der Waals surface area contributed by atoms with Gasteiger partial charge in [0, 0.05) is 5.69 Å². The molecule has 0 heterocycles. The highest BCUT2D eigenvalue weighted by atomic mass is 32.1. The van der Waals surface area contributed by atoms with Crippen LogP contribution < -0.4 is 5.32 Å². The first-order chi connectivity index (χ1) is 7.43. The molecule has 0 bridgehead atoms. The molecule has 0 aliphatic heterocycles. The summed E-state index contributed by atoms with van der Waals surface area (Å²) in [5.74, 6) is 0. The third-order valence-electron chi connectivity index (χ3n) is 1.74. The number of hydrogen-bond donors (Lipinski definition) is 1. The van der Waals surface area contributed by atoms with Crippen LogP contribution in [-0.2, 0) is 6.18 Å². The molecule has 0 spiro atoms. The monoisotopic (exact) mass is 244 g/mol. The normalized spacial score (nSPS) is 10.6. The zero-order chi connectivity index (χ0) is 12.2. The molecule has 2 nitrogen and oxygen atoms in total. The zero-order valence-electron chi connectivity index (χ0n) is 8.01. The number of nitrogens with zero attached hydrogens (tertiary/aromatic N) is 1. The summed E-state index contributed by atoms with van der Waals surface area (Å²) in [6.07, 6.45) is -4.30. The van der Waals surface area contributed by atoms with Crippen molar-refractivity contribution < 1.29 is 13.2 Å². The van der Waals surface area contributed by atoms with Crippen LogP contribution in [0.15, 0.2) is 24.3 Å². The molecular weight excluding hydrogens is 237 g/mol. The van der Waals surface area contributed by atoms with Gasteiger partial charge in [0.2, 0.25) is 0 Å². The quantitative estimate of drug-likeness (QED) is 0.810. The van der Waals surface area contributed by atoms with Crippen LogP contribution in [0, 0.1) is 11.3 Å². The molecule has 84 valence electrons. The van der Waals surface area contributed by atoms with E-state index in [1.807, 2.05) is 6.07 Å². The van der Waals surface area contributed by atoms with E-state index in [2.05, 4.69) is 5.32 Å². The predicted octanol–water partition coefficient (Wildman–Crippen LogP) is 3.36. The fourth-order valence-electron chi connectivity index (χ4n) is 1.02. The Labute approximate surface area is 95.7 Å². The van der Waals surface area contributed by atoms with E-state index in [0.29, 0.717) is 5.69 Å². The maximum Gasteiger partial charge on any atom is 0.416 e. The van der Waals surface area contributed by atoms with Crippen LogP contribution in [0.25, 0.3) is 0 Å². The van der Waals surface area contributed by atoms with E-state index in [1.165, 1.54) is 12.1 Å². The second-order valence-electron chi connectivity index (χ2n) is 2.96. The number of halogens is 3. The Bertz CT molecular complexity index is 417. The van der Waals surface area contributed by atoms with Gasteiger partial charge in [-0.25, -0.2) is 0 Å². The van der Waals surface area contributed by atoms with Gasteiger partial charge in [0.25, 0.3) is 0 Å². The van der Waals surface area contributed by atoms with Crippen molar-refractivity contribution in [1.82, 2.24) is 0 Å². The van der Waals surface area contributed by atoms with Gasteiger partial charge in [-0.05, 0) is 24.3 Å². The lowest BCUT2D eigenvalue weighted by Gasteiger charge is -2.08. The minimum atomic E-state index is -4.34. The molecule has 1 aromatic carbocycles. The molecule has 16 heavy (non-hydrogen) atoms. The highest BCUT2D eigenvalue weighted by Gasteiger charge is 2.29. The Morgan fingerprint density at radius 1 is 1.31 bits per heavy atom. The summed E-state index contributed by atoms with van der Waals surface area (Å²) in [5.41, 5.74) is -0.280. The largest absolute Gasteiger partial charge is 0.416 e. The molecule has 0 atom stereocenters. The van der Waals surface area contributed by atoms with Gasteiger partial charge in [0.15, 0.2) is 0 Å². The number of hydrogen-bond acceptors (Lipinski definition) is 2. The molecule has 1 N–H and O–H groups in total. The van der Waals surface area contributed by atoms with E-state index >= 15 is 0 Å². The molecule has 1 rings (SSSR count). The number of nitrogens with one attached hydrogen (secondary N) is 1. The number of thiocarbonyl (C=S) groups is 1. The Morgan fingerprint density at radius 2 is 1.88 bits per heavy atom. The lowest BCUT2D eigenvalue weighted by Crippen LogP contribution is -2.09. The first-order valence-corrected chi connectivity index (χ1v) is 4.68. The van der Waals surface area contributed by atoms with Crippen LogP contribution in [0.4, 0.5) is 18.9 Å². The average Bonchev–Trinajstić information content (AvgIpc) is 2.17. The number of anilines is 1. The number of nitriles is 1. The topological polar surface area (TPSA) is 35.8 Å². The number of alkyl halides is 3. The summed E-state index contributed by atoms with van der Waals surface area (Å²) >= 11 is 4.79. The Kier molecular flexibility index (Phi) is 3.85. The Hall–Kier alpha value is -1.61. The Balaban J connectivity index is 2.73. The lowest BCUT2D eigenvalue weighted by atomic mass is 10.2. The first kappa shape index (κ1) is 12.5.